The molecule has 112 valence electrons. The molecule has 0 aromatic heterocycles. The van der Waals surface area contributed by atoms with Crippen LogP contribution in [0.4, 0.5) is 5.69 Å². The first-order chi connectivity index (χ1) is 9.46. The zero-order valence-corrected chi connectivity index (χ0v) is 12.4. The van der Waals surface area contributed by atoms with Gasteiger partial charge in [0.05, 0.1) is 18.9 Å². The molecule has 2 atom stereocenters. The van der Waals surface area contributed by atoms with Crippen LogP contribution in [0.3, 0.4) is 0 Å². The molecule has 0 radical (unpaired) electrons. The summed E-state index contributed by atoms with van der Waals surface area (Å²) in [5.41, 5.74) is 5.97. The number of nitrogens with one attached hydrogen (secondary N) is 1. The highest BCUT2D eigenvalue weighted by Gasteiger charge is 2.29. The summed E-state index contributed by atoms with van der Waals surface area (Å²) in [6.07, 6.45) is 2.44. The highest BCUT2D eigenvalue weighted by Crippen LogP contribution is 2.27. The number of ether oxygens (including phenoxy) is 2. The summed E-state index contributed by atoms with van der Waals surface area (Å²) in [5, 5.41) is 0. The maximum atomic E-state index is 12.3. The molecule has 0 heterocycles. The summed E-state index contributed by atoms with van der Waals surface area (Å²) < 4.78 is 37.6. The van der Waals surface area contributed by atoms with E-state index in [-0.39, 0.29) is 22.7 Å². The van der Waals surface area contributed by atoms with Gasteiger partial charge in [0.1, 0.15) is 10.6 Å². The molecular weight excluding hydrogens is 280 g/mol. The molecule has 0 bridgehead atoms. The van der Waals surface area contributed by atoms with Crippen molar-refractivity contribution in [1.29, 1.82) is 0 Å². The number of nitrogens with two attached hydrogens (primary N) is 1. The van der Waals surface area contributed by atoms with Crippen LogP contribution in [0.5, 0.6) is 5.75 Å². The van der Waals surface area contributed by atoms with Gasteiger partial charge >= 0.3 is 0 Å². The third-order valence-corrected chi connectivity index (χ3v) is 5.14. The number of anilines is 1. The number of rotatable bonds is 5. The number of benzene rings is 1. The first kappa shape index (κ1) is 15.1. The molecule has 0 aliphatic heterocycles. The van der Waals surface area contributed by atoms with E-state index in [2.05, 4.69) is 4.72 Å². The van der Waals surface area contributed by atoms with E-state index in [1.165, 1.54) is 19.2 Å². The van der Waals surface area contributed by atoms with Gasteiger partial charge in [-0.15, -0.1) is 0 Å². The average Bonchev–Trinajstić information content (AvgIpc) is 2.85. The lowest BCUT2D eigenvalue weighted by Crippen LogP contribution is -2.33. The van der Waals surface area contributed by atoms with Crippen LogP contribution in [-0.2, 0) is 14.8 Å². The summed E-state index contributed by atoms with van der Waals surface area (Å²) in [6, 6.07) is 4.43. The fourth-order valence-corrected chi connectivity index (χ4v) is 3.84. The Hall–Kier alpha value is -1.31. The smallest absolute Gasteiger partial charge is 0.242 e. The SMILES string of the molecule is COc1ccc(S(=O)(=O)NC2CCC(OC)C2)c(N)c1. The Morgan fingerprint density at radius 3 is 2.60 bits per heavy atom. The van der Waals surface area contributed by atoms with Crippen LogP contribution >= 0.6 is 0 Å². The third-order valence-electron chi connectivity index (χ3n) is 3.55. The van der Waals surface area contributed by atoms with E-state index in [9.17, 15) is 8.42 Å². The number of sulfonamides is 1. The maximum absolute atomic E-state index is 12.3. The van der Waals surface area contributed by atoms with Crippen molar-refractivity contribution in [2.24, 2.45) is 0 Å². The van der Waals surface area contributed by atoms with Gasteiger partial charge in [-0.05, 0) is 31.4 Å². The average molecular weight is 300 g/mol. The highest BCUT2D eigenvalue weighted by molar-refractivity contribution is 7.89. The normalized spacial score (nSPS) is 22.9. The largest absolute Gasteiger partial charge is 0.497 e. The van der Waals surface area contributed by atoms with Crippen molar-refractivity contribution in [3.63, 3.8) is 0 Å². The van der Waals surface area contributed by atoms with Gasteiger partial charge in [0.2, 0.25) is 10.0 Å². The molecule has 2 unspecified atom stereocenters. The van der Waals surface area contributed by atoms with Gasteiger partial charge < -0.3 is 15.2 Å². The lowest BCUT2D eigenvalue weighted by atomic mass is 10.3. The highest BCUT2D eigenvalue weighted by atomic mass is 32.2. The molecule has 1 saturated carbocycles. The first-order valence-corrected chi connectivity index (χ1v) is 7.93. The van der Waals surface area contributed by atoms with E-state index in [1.807, 2.05) is 0 Å². The van der Waals surface area contributed by atoms with Crippen molar-refractivity contribution < 1.29 is 17.9 Å². The summed E-state index contributed by atoms with van der Waals surface area (Å²) >= 11 is 0. The Balaban J connectivity index is 2.14. The van der Waals surface area contributed by atoms with Crippen molar-refractivity contribution in [1.82, 2.24) is 4.72 Å². The summed E-state index contributed by atoms with van der Waals surface area (Å²) in [5.74, 6) is 0.529. The van der Waals surface area contributed by atoms with Gasteiger partial charge in [0.15, 0.2) is 0 Å². The zero-order chi connectivity index (χ0) is 14.8. The van der Waals surface area contributed by atoms with Gasteiger partial charge in [-0.2, -0.15) is 0 Å². The zero-order valence-electron chi connectivity index (χ0n) is 11.6. The van der Waals surface area contributed by atoms with E-state index in [0.717, 1.165) is 12.8 Å². The number of hydrogen-bond donors (Lipinski definition) is 2. The molecular formula is C13H20N2O4S. The van der Waals surface area contributed by atoms with Crippen LogP contribution < -0.4 is 15.2 Å². The number of hydrogen-bond acceptors (Lipinski definition) is 5. The molecule has 1 aromatic carbocycles. The molecule has 1 aliphatic carbocycles. The third kappa shape index (κ3) is 3.23. The molecule has 6 nitrogen and oxygen atoms in total. The van der Waals surface area contributed by atoms with Crippen molar-refractivity contribution in [2.75, 3.05) is 20.0 Å². The predicted molar refractivity (Wildman–Crippen MR) is 76.2 cm³/mol. The lowest BCUT2D eigenvalue weighted by Gasteiger charge is -2.15. The molecule has 20 heavy (non-hydrogen) atoms. The van der Waals surface area contributed by atoms with Gasteiger partial charge in [0, 0.05) is 19.2 Å². The fraction of sp³-hybridized carbons (Fsp3) is 0.538. The molecule has 1 aromatic rings. The Labute approximate surface area is 119 Å². The molecule has 3 N–H and O–H groups in total. The number of methoxy groups -OCH3 is 2. The van der Waals surface area contributed by atoms with E-state index in [0.29, 0.717) is 12.2 Å². The minimum absolute atomic E-state index is 0.0826. The van der Waals surface area contributed by atoms with Crippen molar-refractivity contribution in [2.45, 2.75) is 36.3 Å². The molecule has 7 heteroatoms. The summed E-state index contributed by atoms with van der Waals surface area (Å²) in [4.78, 5) is 0.0826. The standard InChI is InChI=1S/C13H20N2O4S/c1-18-10-4-3-9(7-10)15-20(16,17)13-6-5-11(19-2)8-12(13)14/h5-6,8-10,15H,3-4,7,14H2,1-2H3. The van der Waals surface area contributed by atoms with E-state index in [4.69, 9.17) is 15.2 Å². The summed E-state index contributed by atoms with van der Waals surface area (Å²) in [6.45, 7) is 0. The second-order valence-corrected chi connectivity index (χ2v) is 6.58. The van der Waals surface area contributed by atoms with Gasteiger partial charge in [-0.1, -0.05) is 0 Å². The lowest BCUT2D eigenvalue weighted by molar-refractivity contribution is 0.107. The Morgan fingerprint density at radius 1 is 1.30 bits per heavy atom. The molecule has 0 spiro atoms. The van der Waals surface area contributed by atoms with Gasteiger partial charge in [0.25, 0.3) is 0 Å². The molecule has 2 rings (SSSR count). The van der Waals surface area contributed by atoms with Crippen LogP contribution in [-0.4, -0.2) is 34.8 Å². The van der Waals surface area contributed by atoms with E-state index in [1.54, 1.807) is 13.2 Å². The van der Waals surface area contributed by atoms with E-state index < -0.39 is 10.0 Å². The predicted octanol–water partition coefficient (Wildman–Crippen LogP) is 1.12. The van der Waals surface area contributed by atoms with Crippen LogP contribution in [0.25, 0.3) is 0 Å². The minimum Gasteiger partial charge on any atom is -0.497 e. The second kappa shape index (κ2) is 5.99. The second-order valence-electron chi connectivity index (χ2n) is 4.89. The van der Waals surface area contributed by atoms with Crippen LogP contribution in [0.15, 0.2) is 23.1 Å². The number of nitrogen functional groups attached to an aromatic ring is 1. The van der Waals surface area contributed by atoms with Gasteiger partial charge in [-0.25, -0.2) is 13.1 Å². The maximum Gasteiger partial charge on any atom is 0.242 e. The molecule has 0 saturated heterocycles. The van der Waals surface area contributed by atoms with Crippen LogP contribution in [0.2, 0.25) is 0 Å². The van der Waals surface area contributed by atoms with Crippen LogP contribution in [0, 0.1) is 0 Å². The Bertz CT molecular complexity index is 574. The Kier molecular flexibility index (Phi) is 4.52. The molecule has 1 fully saturated rings. The minimum atomic E-state index is -3.62. The van der Waals surface area contributed by atoms with Crippen molar-refractivity contribution >= 4 is 15.7 Å². The van der Waals surface area contributed by atoms with E-state index >= 15 is 0 Å². The topological polar surface area (TPSA) is 90.7 Å². The van der Waals surface area contributed by atoms with Crippen LogP contribution in [0.1, 0.15) is 19.3 Å². The monoisotopic (exact) mass is 300 g/mol. The fourth-order valence-electron chi connectivity index (χ4n) is 2.44. The molecule has 0 amide bonds. The van der Waals surface area contributed by atoms with Crippen molar-refractivity contribution in [3.05, 3.63) is 18.2 Å². The quantitative estimate of drug-likeness (QED) is 0.795. The van der Waals surface area contributed by atoms with Gasteiger partial charge in [-0.3, -0.25) is 0 Å². The summed E-state index contributed by atoms with van der Waals surface area (Å²) in [7, 11) is -0.471. The van der Waals surface area contributed by atoms with Crippen molar-refractivity contribution in [3.8, 4) is 5.75 Å². The Morgan fingerprint density at radius 2 is 2.05 bits per heavy atom. The molecule has 1 aliphatic rings. The first-order valence-electron chi connectivity index (χ1n) is 6.45.